The number of rotatable bonds is 2. The predicted molar refractivity (Wildman–Crippen MR) is 19.2 cm³/mol. The van der Waals surface area contributed by atoms with Crippen LogP contribution in [0, 0.1) is 0 Å². The monoisotopic (exact) mass is 184 g/mol. The van der Waals surface area contributed by atoms with E-state index in [0.29, 0.717) is 0 Å². The second kappa shape index (κ2) is 2.86. The van der Waals surface area contributed by atoms with Crippen LogP contribution in [0.3, 0.4) is 0 Å². The molecule has 0 amide bonds. The maximum atomic E-state index is 11.5. The Morgan fingerprint density at radius 2 is 1.45 bits per heavy atom. The lowest BCUT2D eigenvalue weighted by Gasteiger charge is -2.15. The summed E-state index contributed by atoms with van der Waals surface area (Å²) in [6, 6.07) is 0. The highest BCUT2D eigenvalue weighted by Gasteiger charge is 2.46. The van der Waals surface area contributed by atoms with Crippen LogP contribution in [0.5, 0.6) is 0 Å². The van der Waals surface area contributed by atoms with Gasteiger partial charge in [-0.05, 0) is 0 Å². The lowest BCUT2D eigenvalue weighted by atomic mass is 10.6. The topological polar surface area (TPSA) is 29.5 Å². The average Bonchev–Trinajstić information content (AvgIpc) is 1.56. The molecule has 0 rings (SSSR count). The van der Waals surface area contributed by atoms with Gasteiger partial charge in [-0.25, -0.2) is 9.13 Å². The van der Waals surface area contributed by atoms with Crippen molar-refractivity contribution in [3.05, 3.63) is 0 Å². The molecule has 68 valence electrons. The van der Waals surface area contributed by atoms with E-state index in [1.54, 1.807) is 0 Å². The van der Waals surface area contributed by atoms with Crippen LogP contribution in [-0.4, -0.2) is 23.9 Å². The smallest absolute Gasteiger partial charge is 0.332 e. The normalized spacial score (nSPS) is 16.6. The van der Waals surface area contributed by atoms with Crippen molar-refractivity contribution in [2.45, 2.75) is 18.8 Å². The second-order valence-electron chi connectivity index (χ2n) is 1.47. The van der Waals surface area contributed by atoms with Gasteiger partial charge in [-0.1, -0.05) is 0 Å². The van der Waals surface area contributed by atoms with E-state index in [-0.39, 0.29) is 0 Å². The highest BCUT2D eigenvalue weighted by atomic mass is 19.4. The van der Waals surface area contributed by atoms with Crippen molar-refractivity contribution in [2.24, 2.45) is 0 Å². The minimum absolute atomic E-state index is 2.14. The van der Waals surface area contributed by atoms with Crippen LogP contribution in [0.25, 0.3) is 0 Å². The van der Waals surface area contributed by atoms with Crippen LogP contribution in [0.4, 0.5) is 26.3 Å². The number of hydrogen-bond donors (Lipinski definition) is 1. The molecule has 0 saturated carbocycles. The summed E-state index contributed by atoms with van der Waals surface area (Å²) in [5.41, 5.74) is 0. The molecule has 0 heterocycles. The maximum Gasteiger partial charge on any atom is 0.525 e. The number of hydrogen-bond acceptors (Lipinski definition) is 2. The van der Waals surface area contributed by atoms with Crippen LogP contribution < -0.4 is 0 Å². The van der Waals surface area contributed by atoms with Crippen molar-refractivity contribution in [1.82, 2.24) is 0 Å². The van der Waals surface area contributed by atoms with E-state index in [2.05, 4.69) is 4.74 Å². The quantitative estimate of drug-likeness (QED) is 0.657. The molecule has 0 fully saturated rings. The lowest BCUT2D eigenvalue weighted by Crippen LogP contribution is -2.36. The summed E-state index contributed by atoms with van der Waals surface area (Å²) in [6.07, 6.45) is -14.8. The Labute approximate surface area is 56.4 Å². The number of alkyl halides is 6. The fourth-order valence-corrected chi connectivity index (χ4v) is 0.188. The zero-order valence-electron chi connectivity index (χ0n) is 4.70. The molecular weight excluding hydrogens is 182 g/mol. The Morgan fingerprint density at radius 1 is 1.09 bits per heavy atom. The van der Waals surface area contributed by atoms with Gasteiger partial charge in [0.25, 0.3) is 6.36 Å². The standard InChI is InChI=1S/C3H2F6O2/c4-1(2(5,6)10)11-3(7,8)9/h1,10H. The molecule has 0 aliphatic heterocycles. The second-order valence-corrected chi connectivity index (χ2v) is 1.47. The minimum Gasteiger partial charge on any atom is -0.332 e. The molecule has 0 aliphatic carbocycles. The molecule has 1 N–H and O–H groups in total. The van der Waals surface area contributed by atoms with Gasteiger partial charge in [0.1, 0.15) is 0 Å². The Morgan fingerprint density at radius 3 is 1.55 bits per heavy atom. The summed E-state index contributed by atoms with van der Waals surface area (Å²) in [5.74, 6) is 0. The molecule has 1 unspecified atom stereocenters. The molecular formula is C3H2F6O2. The third kappa shape index (κ3) is 4.85. The molecule has 8 heteroatoms. The lowest BCUT2D eigenvalue weighted by molar-refractivity contribution is -0.416. The molecule has 0 bridgehead atoms. The summed E-state index contributed by atoms with van der Waals surface area (Å²) in [4.78, 5) is 0. The van der Waals surface area contributed by atoms with Crippen LogP contribution >= 0.6 is 0 Å². The Balaban J connectivity index is 3.99. The van der Waals surface area contributed by atoms with Crippen LogP contribution in [0.2, 0.25) is 0 Å². The van der Waals surface area contributed by atoms with Crippen LogP contribution in [0.1, 0.15) is 0 Å². The van der Waals surface area contributed by atoms with Gasteiger partial charge in [-0.2, -0.15) is 8.78 Å². The maximum absolute atomic E-state index is 11.5. The SMILES string of the molecule is OC(F)(F)C(F)OC(F)(F)F. The van der Waals surface area contributed by atoms with E-state index in [0.717, 1.165) is 0 Å². The molecule has 0 saturated heterocycles. The summed E-state index contributed by atoms with van der Waals surface area (Å²) < 4.78 is 68.8. The van der Waals surface area contributed by atoms with E-state index in [1.807, 2.05) is 0 Å². The third-order valence-corrected chi connectivity index (χ3v) is 0.510. The van der Waals surface area contributed by atoms with Gasteiger partial charge in [0.05, 0.1) is 0 Å². The summed E-state index contributed by atoms with van der Waals surface area (Å²) in [7, 11) is 0. The van der Waals surface area contributed by atoms with Crippen LogP contribution in [0.15, 0.2) is 0 Å². The molecule has 0 aromatic heterocycles. The number of halogens is 6. The highest BCUT2D eigenvalue weighted by Crippen LogP contribution is 2.26. The molecule has 0 spiro atoms. The van der Waals surface area contributed by atoms with E-state index in [1.165, 1.54) is 0 Å². The zero-order valence-corrected chi connectivity index (χ0v) is 4.70. The molecule has 11 heavy (non-hydrogen) atoms. The number of ether oxygens (including phenoxy) is 1. The third-order valence-electron chi connectivity index (χ3n) is 0.510. The zero-order chi connectivity index (χ0) is 9.28. The van der Waals surface area contributed by atoms with E-state index in [4.69, 9.17) is 5.11 Å². The Kier molecular flexibility index (Phi) is 2.73. The average molecular weight is 184 g/mol. The van der Waals surface area contributed by atoms with Crippen molar-refractivity contribution in [3.63, 3.8) is 0 Å². The molecule has 0 aromatic carbocycles. The van der Waals surface area contributed by atoms with Crippen molar-refractivity contribution in [2.75, 3.05) is 0 Å². The Hall–Kier alpha value is -0.500. The fraction of sp³-hybridized carbons (Fsp3) is 1.00. The first-order valence-corrected chi connectivity index (χ1v) is 2.12. The van der Waals surface area contributed by atoms with Crippen molar-refractivity contribution in [1.29, 1.82) is 0 Å². The van der Waals surface area contributed by atoms with Crippen molar-refractivity contribution in [3.8, 4) is 0 Å². The van der Waals surface area contributed by atoms with Gasteiger partial charge >= 0.3 is 12.5 Å². The van der Waals surface area contributed by atoms with Crippen molar-refractivity contribution < 1.29 is 36.2 Å². The van der Waals surface area contributed by atoms with Gasteiger partial charge in [-0.3, -0.25) is 0 Å². The summed E-state index contributed by atoms with van der Waals surface area (Å²) in [6.45, 7) is 0. The first-order valence-electron chi connectivity index (χ1n) is 2.12. The fourth-order valence-electron chi connectivity index (χ4n) is 0.188. The summed E-state index contributed by atoms with van der Waals surface area (Å²) in [5, 5.41) is 7.32. The van der Waals surface area contributed by atoms with Gasteiger partial charge in [0, 0.05) is 0 Å². The number of aliphatic hydroxyl groups is 1. The molecule has 0 aliphatic rings. The predicted octanol–water partition coefficient (Wildman–Crippen LogP) is 1.40. The molecule has 0 radical (unpaired) electrons. The van der Waals surface area contributed by atoms with Crippen LogP contribution in [-0.2, 0) is 4.74 Å². The largest absolute Gasteiger partial charge is 0.525 e. The first-order chi connectivity index (χ1) is 4.63. The highest BCUT2D eigenvalue weighted by molar-refractivity contribution is 4.53. The molecule has 2 nitrogen and oxygen atoms in total. The van der Waals surface area contributed by atoms with Gasteiger partial charge in [0.15, 0.2) is 0 Å². The van der Waals surface area contributed by atoms with E-state index in [9.17, 15) is 26.3 Å². The summed E-state index contributed by atoms with van der Waals surface area (Å²) >= 11 is 0. The minimum atomic E-state index is -5.54. The van der Waals surface area contributed by atoms with Gasteiger partial charge < -0.3 is 5.11 Å². The van der Waals surface area contributed by atoms with Gasteiger partial charge in [-0.15, -0.1) is 13.2 Å². The van der Waals surface area contributed by atoms with Crippen molar-refractivity contribution >= 4 is 0 Å². The Bertz CT molecular complexity index is 125. The molecule has 1 atom stereocenters. The van der Waals surface area contributed by atoms with E-state index >= 15 is 0 Å². The molecule has 0 aromatic rings. The first kappa shape index (κ1) is 10.5. The van der Waals surface area contributed by atoms with E-state index < -0.39 is 18.8 Å². The van der Waals surface area contributed by atoms with Gasteiger partial charge in [0.2, 0.25) is 0 Å².